The normalized spacial score (nSPS) is 13.3. The molecule has 0 amide bonds. The van der Waals surface area contributed by atoms with Crippen molar-refractivity contribution >= 4 is 54.3 Å². The van der Waals surface area contributed by atoms with Gasteiger partial charge < -0.3 is 4.42 Å². The second kappa shape index (κ2) is 7.81. The van der Waals surface area contributed by atoms with E-state index < -0.39 is 0 Å². The molecule has 0 saturated heterocycles. The summed E-state index contributed by atoms with van der Waals surface area (Å²) < 4.78 is 40.4. The van der Waals surface area contributed by atoms with Gasteiger partial charge in [-0.25, -0.2) is 0 Å². The van der Waals surface area contributed by atoms with E-state index in [-0.39, 0.29) is 24.2 Å². The Bertz CT molecular complexity index is 2300. The summed E-state index contributed by atoms with van der Waals surface area (Å²) in [5, 5.41) is 7.63. The van der Waals surface area contributed by atoms with Crippen molar-refractivity contribution in [3.05, 3.63) is 133 Å². The summed E-state index contributed by atoms with van der Waals surface area (Å²) in [5.74, 6) is 0. The standard InChI is InChI=1S/C36H22O/c1-2-10-24-21-25(18-17-23(24)9-1)35-29-12-3-5-14-31(29)36(32-15-6-4-13-30(32)35)26-19-20-28-27-11-7-8-16-33(27)37-34(28)22-26/h1-22H/i3D,4D,5D,6D. The quantitative estimate of drug-likeness (QED) is 0.227. The lowest BCUT2D eigenvalue weighted by Gasteiger charge is -2.18. The molecule has 1 heterocycles. The Balaban J connectivity index is 1.53. The van der Waals surface area contributed by atoms with Crippen LogP contribution in [0.1, 0.15) is 5.48 Å². The van der Waals surface area contributed by atoms with E-state index in [9.17, 15) is 0 Å². The van der Waals surface area contributed by atoms with Gasteiger partial charge >= 0.3 is 0 Å². The van der Waals surface area contributed by atoms with Gasteiger partial charge in [0.2, 0.25) is 0 Å². The van der Waals surface area contributed by atoms with Crippen LogP contribution in [0.3, 0.4) is 0 Å². The Morgan fingerprint density at radius 2 is 0.946 bits per heavy atom. The average molecular weight is 475 g/mol. The van der Waals surface area contributed by atoms with Crippen LogP contribution in [0.4, 0.5) is 0 Å². The zero-order valence-electron chi connectivity index (χ0n) is 23.8. The van der Waals surface area contributed by atoms with Gasteiger partial charge in [-0.2, -0.15) is 0 Å². The molecule has 8 aromatic rings. The van der Waals surface area contributed by atoms with E-state index in [2.05, 4.69) is 42.5 Å². The highest BCUT2D eigenvalue weighted by Gasteiger charge is 2.17. The SMILES string of the molecule is [2H]c1cc2c(-c3ccc4ccccc4c3)c3cc([2H])c([2H])cc3c(-c3ccc4c(c3)oc3ccccc34)c2cc1[2H]. The van der Waals surface area contributed by atoms with Crippen LogP contribution in [0.5, 0.6) is 0 Å². The average Bonchev–Trinajstić information content (AvgIpc) is 3.35. The molecule has 37 heavy (non-hydrogen) atoms. The third-order valence-electron chi connectivity index (χ3n) is 7.40. The van der Waals surface area contributed by atoms with E-state index in [1.165, 1.54) is 0 Å². The Morgan fingerprint density at radius 1 is 0.405 bits per heavy atom. The van der Waals surface area contributed by atoms with Crippen molar-refractivity contribution in [1.29, 1.82) is 0 Å². The molecule has 0 saturated carbocycles. The maximum absolute atomic E-state index is 8.56. The molecule has 0 unspecified atom stereocenters. The largest absolute Gasteiger partial charge is 0.456 e. The number of benzene rings is 7. The summed E-state index contributed by atoms with van der Waals surface area (Å²) in [7, 11) is 0. The number of furan rings is 1. The minimum absolute atomic E-state index is 0.135. The highest BCUT2D eigenvalue weighted by molar-refractivity contribution is 6.22. The molecule has 0 atom stereocenters. The van der Waals surface area contributed by atoms with Gasteiger partial charge in [-0.15, -0.1) is 0 Å². The maximum atomic E-state index is 8.56. The number of hydrogen-bond acceptors (Lipinski definition) is 1. The van der Waals surface area contributed by atoms with Gasteiger partial charge in [-0.1, -0.05) is 109 Å². The Labute approximate surface area is 219 Å². The molecule has 0 spiro atoms. The minimum Gasteiger partial charge on any atom is -0.456 e. The fourth-order valence-electron chi connectivity index (χ4n) is 5.73. The summed E-state index contributed by atoms with van der Waals surface area (Å²) in [6, 6.07) is 36.2. The van der Waals surface area contributed by atoms with Crippen molar-refractivity contribution in [2.75, 3.05) is 0 Å². The van der Waals surface area contributed by atoms with Crippen molar-refractivity contribution in [3.8, 4) is 22.3 Å². The van der Waals surface area contributed by atoms with Gasteiger partial charge in [-0.05, 0) is 78.8 Å². The van der Waals surface area contributed by atoms with Crippen LogP contribution in [0.2, 0.25) is 0 Å². The lowest BCUT2D eigenvalue weighted by Crippen LogP contribution is -1.90. The molecule has 0 aliphatic carbocycles. The second-order valence-corrected chi connectivity index (χ2v) is 9.43. The lowest BCUT2D eigenvalue weighted by atomic mass is 9.85. The van der Waals surface area contributed by atoms with Crippen molar-refractivity contribution < 1.29 is 9.90 Å². The third kappa shape index (κ3) is 3.04. The van der Waals surface area contributed by atoms with Crippen LogP contribution >= 0.6 is 0 Å². The van der Waals surface area contributed by atoms with Crippen LogP contribution in [0.25, 0.3) is 76.5 Å². The summed E-state index contributed by atoms with van der Waals surface area (Å²) >= 11 is 0. The van der Waals surface area contributed by atoms with Crippen LogP contribution in [-0.2, 0) is 0 Å². The monoisotopic (exact) mass is 474 g/mol. The first-order chi connectivity index (χ1) is 20.0. The van der Waals surface area contributed by atoms with Gasteiger partial charge in [0.05, 0.1) is 5.48 Å². The second-order valence-electron chi connectivity index (χ2n) is 9.43. The summed E-state index contributed by atoms with van der Waals surface area (Å²) in [5.41, 5.74) is 5.20. The Morgan fingerprint density at radius 3 is 1.65 bits per heavy atom. The van der Waals surface area contributed by atoms with Gasteiger partial charge in [-0.3, -0.25) is 0 Å². The van der Waals surface area contributed by atoms with Gasteiger partial charge in [0.15, 0.2) is 0 Å². The van der Waals surface area contributed by atoms with E-state index in [1.807, 2.05) is 42.5 Å². The van der Waals surface area contributed by atoms with Crippen LogP contribution in [-0.4, -0.2) is 0 Å². The number of rotatable bonds is 2. The molecule has 0 aliphatic rings. The molecule has 0 fully saturated rings. The lowest BCUT2D eigenvalue weighted by molar-refractivity contribution is 0.669. The van der Waals surface area contributed by atoms with Gasteiger partial charge in [0.25, 0.3) is 0 Å². The molecule has 1 aromatic heterocycles. The first-order valence-corrected chi connectivity index (χ1v) is 12.3. The summed E-state index contributed by atoms with van der Waals surface area (Å²) in [6.07, 6.45) is 0. The fraction of sp³-hybridized carbons (Fsp3) is 0. The Hall–Kier alpha value is -4.88. The molecule has 1 nitrogen and oxygen atoms in total. The minimum atomic E-state index is 0.135. The molecular weight excluding hydrogens is 448 g/mol. The van der Waals surface area contributed by atoms with Crippen molar-refractivity contribution in [1.82, 2.24) is 0 Å². The molecular formula is C36H22O. The smallest absolute Gasteiger partial charge is 0.136 e. The van der Waals surface area contributed by atoms with E-state index in [4.69, 9.17) is 9.90 Å². The molecule has 0 N–H and O–H groups in total. The van der Waals surface area contributed by atoms with E-state index in [0.717, 1.165) is 76.5 Å². The van der Waals surface area contributed by atoms with Crippen molar-refractivity contribution in [2.45, 2.75) is 0 Å². The van der Waals surface area contributed by atoms with Crippen molar-refractivity contribution in [3.63, 3.8) is 0 Å². The van der Waals surface area contributed by atoms with E-state index in [1.54, 1.807) is 24.3 Å². The third-order valence-corrected chi connectivity index (χ3v) is 7.40. The maximum Gasteiger partial charge on any atom is 0.136 e. The molecule has 7 aromatic carbocycles. The first kappa shape index (κ1) is 16.7. The Kier molecular flexibility index (Phi) is 3.53. The highest BCUT2D eigenvalue weighted by atomic mass is 16.3. The van der Waals surface area contributed by atoms with Crippen LogP contribution in [0.15, 0.2) is 138 Å². The predicted molar refractivity (Wildman–Crippen MR) is 157 cm³/mol. The molecule has 0 radical (unpaired) electrons. The van der Waals surface area contributed by atoms with Gasteiger partial charge in [0.1, 0.15) is 11.2 Å². The van der Waals surface area contributed by atoms with Gasteiger partial charge in [0, 0.05) is 10.8 Å². The van der Waals surface area contributed by atoms with E-state index >= 15 is 0 Å². The number of para-hydroxylation sites is 1. The topological polar surface area (TPSA) is 13.1 Å². The van der Waals surface area contributed by atoms with E-state index in [0.29, 0.717) is 0 Å². The van der Waals surface area contributed by atoms with Crippen LogP contribution in [0, 0.1) is 0 Å². The number of hydrogen-bond donors (Lipinski definition) is 0. The zero-order chi connectivity index (χ0) is 27.8. The summed E-state index contributed by atoms with van der Waals surface area (Å²) in [4.78, 5) is 0. The molecule has 0 aliphatic heterocycles. The van der Waals surface area contributed by atoms with Crippen LogP contribution < -0.4 is 0 Å². The fourth-order valence-corrected chi connectivity index (χ4v) is 5.73. The van der Waals surface area contributed by atoms with Crippen molar-refractivity contribution in [2.24, 2.45) is 0 Å². The molecule has 8 rings (SSSR count). The highest BCUT2D eigenvalue weighted by Crippen LogP contribution is 2.45. The zero-order valence-corrected chi connectivity index (χ0v) is 19.8. The number of fused-ring (bicyclic) bond motifs is 6. The summed E-state index contributed by atoms with van der Waals surface area (Å²) in [6.45, 7) is 0. The molecule has 172 valence electrons. The first-order valence-electron chi connectivity index (χ1n) is 14.3. The molecule has 1 heteroatoms. The molecule has 0 bridgehead atoms. The predicted octanol–water partition coefficient (Wildman–Crippen LogP) is 10.4.